The first kappa shape index (κ1) is 30.9. The minimum atomic E-state index is -4.01. The molecule has 0 radical (unpaired) electrons. The summed E-state index contributed by atoms with van der Waals surface area (Å²) in [5.74, 6) is 5.57. The minimum Gasteiger partial charge on any atom is -0.344 e. The smallest absolute Gasteiger partial charge is 0.300 e. The van der Waals surface area contributed by atoms with Crippen molar-refractivity contribution in [3.63, 3.8) is 0 Å². The van der Waals surface area contributed by atoms with E-state index in [1.165, 1.54) is 17.8 Å². The predicted octanol–water partition coefficient (Wildman–Crippen LogP) is 3.02. The van der Waals surface area contributed by atoms with Crippen LogP contribution >= 0.6 is 0 Å². The highest BCUT2D eigenvalue weighted by molar-refractivity contribution is 7.90. The van der Waals surface area contributed by atoms with Gasteiger partial charge in [0.2, 0.25) is 0 Å². The standard InChI is InChI=1S/C34H31N9O4S/c1-21(38-33(44)29-31(40-48(46,47)35-2)39-42-18-8-17-36-32(29)42)30-26-12-7-9-23-15-16-24(14-13-22-19-37-41(3)20-22)28(27(23)26)34(45)43(30)25-10-5-4-6-11-25/h4-6,8,10-11,15-21,35H,7,9,12H2,1-3H3,(H,38,44)(H,39,40)/t21-/m1/s1. The highest BCUT2D eigenvalue weighted by atomic mass is 32.2. The Balaban J connectivity index is 1.41. The number of hydrogen-bond acceptors (Lipinski definition) is 7. The first-order chi connectivity index (χ1) is 23.1. The first-order valence-corrected chi connectivity index (χ1v) is 16.8. The molecule has 0 fully saturated rings. The lowest BCUT2D eigenvalue weighted by atomic mass is 9.85. The maximum absolute atomic E-state index is 14.7. The molecule has 0 saturated carbocycles. The summed E-state index contributed by atoms with van der Waals surface area (Å²) in [6.45, 7) is 1.81. The summed E-state index contributed by atoms with van der Waals surface area (Å²) in [7, 11) is -0.940. The Morgan fingerprint density at radius 3 is 2.60 bits per heavy atom. The van der Waals surface area contributed by atoms with E-state index in [-0.39, 0.29) is 22.6 Å². The summed E-state index contributed by atoms with van der Waals surface area (Å²) >= 11 is 0. The Labute approximate surface area is 275 Å². The normalized spacial score (nSPS) is 13.2. The molecule has 2 aromatic carbocycles. The third-order valence-corrected chi connectivity index (χ3v) is 9.37. The minimum absolute atomic E-state index is 0.0574. The summed E-state index contributed by atoms with van der Waals surface area (Å²) in [5.41, 5.74) is 4.46. The fraction of sp³-hybridized carbons (Fsp3) is 0.206. The van der Waals surface area contributed by atoms with Gasteiger partial charge < -0.3 is 5.32 Å². The molecule has 4 aromatic heterocycles. The van der Waals surface area contributed by atoms with Crippen LogP contribution in [0.1, 0.15) is 57.7 Å². The zero-order chi connectivity index (χ0) is 33.6. The van der Waals surface area contributed by atoms with Crippen LogP contribution in [0.15, 0.2) is 78.1 Å². The van der Waals surface area contributed by atoms with Gasteiger partial charge in [-0.3, -0.25) is 23.6 Å². The number of aryl methyl sites for hydroxylation is 3. The Hall–Kier alpha value is -5.78. The van der Waals surface area contributed by atoms with Gasteiger partial charge >= 0.3 is 0 Å². The summed E-state index contributed by atoms with van der Waals surface area (Å²) in [6.07, 6.45) is 8.89. The molecular weight excluding hydrogens is 631 g/mol. The second-order valence-electron chi connectivity index (χ2n) is 11.5. The third-order valence-electron chi connectivity index (χ3n) is 8.37. The molecule has 1 aliphatic carbocycles. The van der Waals surface area contributed by atoms with Crippen LogP contribution in [0.5, 0.6) is 0 Å². The molecule has 1 atom stereocenters. The zero-order valence-corrected chi connectivity index (χ0v) is 27.2. The number of carbonyl (C=O) groups is 1. The van der Waals surface area contributed by atoms with Crippen LogP contribution < -0.4 is 20.3 Å². The number of hydrogen-bond donors (Lipinski definition) is 3. The van der Waals surface area contributed by atoms with Crippen molar-refractivity contribution < 1.29 is 13.2 Å². The van der Waals surface area contributed by atoms with Crippen LogP contribution in [0, 0.1) is 11.8 Å². The highest BCUT2D eigenvalue weighted by Gasteiger charge is 2.30. The second kappa shape index (κ2) is 12.1. The van der Waals surface area contributed by atoms with E-state index < -0.39 is 22.2 Å². The molecule has 14 heteroatoms. The number of pyridine rings is 1. The molecule has 7 rings (SSSR count). The molecule has 0 bridgehead atoms. The molecule has 13 nitrogen and oxygen atoms in total. The summed E-state index contributed by atoms with van der Waals surface area (Å²) in [5, 5.41) is 12.9. The predicted molar refractivity (Wildman–Crippen MR) is 181 cm³/mol. The zero-order valence-electron chi connectivity index (χ0n) is 26.4. The molecular formula is C34H31N9O4S. The average molecular weight is 662 g/mol. The quantitative estimate of drug-likeness (QED) is 0.222. The number of rotatable bonds is 7. The topological polar surface area (TPSA) is 157 Å². The van der Waals surface area contributed by atoms with Crippen molar-refractivity contribution in [2.45, 2.75) is 32.2 Å². The lowest BCUT2D eigenvalue weighted by molar-refractivity contribution is 0.0941. The van der Waals surface area contributed by atoms with E-state index >= 15 is 0 Å². The number of aromatic nitrogens is 6. The number of fused-ring (bicyclic) bond motifs is 1. The molecule has 0 spiro atoms. The van der Waals surface area contributed by atoms with Gasteiger partial charge in [0.1, 0.15) is 5.56 Å². The molecule has 4 heterocycles. The maximum atomic E-state index is 14.7. The first-order valence-electron chi connectivity index (χ1n) is 15.3. The van der Waals surface area contributed by atoms with Crippen molar-refractivity contribution in [3.8, 4) is 17.5 Å². The van der Waals surface area contributed by atoms with E-state index in [4.69, 9.17) is 0 Å². The van der Waals surface area contributed by atoms with Crippen LogP contribution in [-0.2, 0) is 30.1 Å². The number of carbonyl (C=O) groups excluding carboxylic acids is 1. The van der Waals surface area contributed by atoms with E-state index in [1.807, 2.05) is 62.6 Å². The lowest BCUT2D eigenvalue weighted by Gasteiger charge is -2.28. The molecule has 0 unspecified atom stereocenters. The number of nitrogens with zero attached hydrogens (tertiary/aromatic N) is 6. The Morgan fingerprint density at radius 1 is 1.04 bits per heavy atom. The average Bonchev–Trinajstić information content (AvgIpc) is 3.67. The van der Waals surface area contributed by atoms with Crippen molar-refractivity contribution in [2.75, 3.05) is 11.8 Å². The van der Waals surface area contributed by atoms with Crippen molar-refractivity contribution >= 4 is 38.4 Å². The largest absolute Gasteiger partial charge is 0.344 e. The molecule has 242 valence electrons. The van der Waals surface area contributed by atoms with Gasteiger partial charge in [-0.05, 0) is 67.0 Å². The molecule has 6 aromatic rings. The van der Waals surface area contributed by atoms with Gasteiger partial charge in [-0.1, -0.05) is 36.1 Å². The third kappa shape index (κ3) is 5.48. The Bertz CT molecular complexity index is 2470. The lowest BCUT2D eigenvalue weighted by Crippen LogP contribution is -2.35. The van der Waals surface area contributed by atoms with Crippen molar-refractivity contribution in [1.29, 1.82) is 0 Å². The number of para-hydroxylation sites is 1. The van der Waals surface area contributed by atoms with Gasteiger partial charge in [-0.15, -0.1) is 5.10 Å². The van der Waals surface area contributed by atoms with E-state index in [1.54, 1.807) is 27.7 Å². The molecule has 48 heavy (non-hydrogen) atoms. The number of benzene rings is 2. The van der Waals surface area contributed by atoms with E-state index in [2.05, 4.69) is 41.8 Å². The van der Waals surface area contributed by atoms with Crippen LogP contribution in [0.2, 0.25) is 0 Å². The Kier molecular flexibility index (Phi) is 7.78. The van der Waals surface area contributed by atoms with Crippen LogP contribution in [0.4, 0.5) is 5.82 Å². The summed E-state index contributed by atoms with van der Waals surface area (Å²) in [4.78, 5) is 33.1. The van der Waals surface area contributed by atoms with Crippen molar-refractivity contribution in [1.82, 2.24) is 39.0 Å². The van der Waals surface area contributed by atoms with Crippen LogP contribution in [-0.4, -0.2) is 50.3 Å². The van der Waals surface area contributed by atoms with E-state index in [9.17, 15) is 18.0 Å². The van der Waals surface area contributed by atoms with E-state index in [0.29, 0.717) is 28.8 Å². The highest BCUT2D eigenvalue weighted by Crippen LogP contribution is 2.36. The van der Waals surface area contributed by atoms with Gasteiger partial charge in [0, 0.05) is 43.9 Å². The van der Waals surface area contributed by atoms with Crippen molar-refractivity contribution in [3.05, 3.63) is 117 Å². The molecule has 1 aliphatic rings. The van der Waals surface area contributed by atoms with Gasteiger partial charge in [0.05, 0.1) is 28.9 Å². The number of nitrogens with one attached hydrogen (secondary N) is 3. The molecule has 1 amide bonds. The van der Waals surface area contributed by atoms with Gasteiger partial charge in [0.25, 0.3) is 21.7 Å². The maximum Gasteiger partial charge on any atom is 0.300 e. The van der Waals surface area contributed by atoms with Crippen LogP contribution in [0.3, 0.4) is 0 Å². The van der Waals surface area contributed by atoms with Gasteiger partial charge in [-0.2, -0.15) is 13.5 Å². The SMILES string of the molecule is CNS(=O)(=O)Nc1nn2cccnc2c1C(=O)N[C@H](C)c1c2c3c(ccc(C#Cc4cnn(C)c4)c3c(=O)n1-c1ccccc1)CCC2. The second-order valence-corrected chi connectivity index (χ2v) is 13.1. The fourth-order valence-corrected chi connectivity index (χ4v) is 6.81. The van der Waals surface area contributed by atoms with Crippen molar-refractivity contribution in [2.24, 2.45) is 7.05 Å². The van der Waals surface area contributed by atoms with E-state index in [0.717, 1.165) is 34.9 Å². The van der Waals surface area contributed by atoms with Gasteiger partial charge in [-0.25, -0.2) is 14.2 Å². The monoisotopic (exact) mass is 661 g/mol. The number of anilines is 1. The fourth-order valence-electron chi connectivity index (χ4n) is 6.31. The summed E-state index contributed by atoms with van der Waals surface area (Å²) < 4.78 is 34.0. The Morgan fingerprint density at radius 2 is 1.85 bits per heavy atom. The molecule has 0 saturated heterocycles. The number of amides is 1. The molecule has 0 aliphatic heterocycles. The molecule has 3 N–H and O–H groups in total. The van der Waals surface area contributed by atoms with Crippen LogP contribution in [0.25, 0.3) is 22.1 Å². The van der Waals surface area contributed by atoms with Gasteiger partial charge in [0.15, 0.2) is 11.5 Å². The summed E-state index contributed by atoms with van der Waals surface area (Å²) in [6, 6.07) is 14.1.